The van der Waals surface area contributed by atoms with Crippen LogP contribution in [0.3, 0.4) is 0 Å². The molecule has 0 radical (unpaired) electrons. The number of allylic oxidation sites excluding steroid dienone is 1. The smallest absolute Gasteiger partial charge is 0.248 e. The van der Waals surface area contributed by atoms with Crippen molar-refractivity contribution in [1.82, 2.24) is 10.3 Å². The third kappa shape index (κ3) is 7.27. The van der Waals surface area contributed by atoms with Crippen molar-refractivity contribution in [2.45, 2.75) is 38.6 Å². The van der Waals surface area contributed by atoms with Crippen LogP contribution in [-0.2, 0) is 27.2 Å². The number of aromatic nitrogens is 1. The van der Waals surface area contributed by atoms with Gasteiger partial charge in [-0.2, -0.15) is 0 Å². The predicted octanol–water partition coefficient (Wildman–Crippen LogP) is 2.76. The van der Waals surface area contributed by atoms with Gasteiger partial charge in [0.1, 0.15) is 29.4 Å². The zero-order valence-electron chi connectivity index (χ0n) is 15.9. The highest BCUT2D eigenvalue weighted by Crippen LogP contribution is 2.10. The van der Waals surface area contributed by atoms with Crippen molar-refractivity contribution in [2.75, 3.05) is 5.32 Å². The number of anilines is 1. The predicted molar refractivity (Wildman–Crippen MR) is 104 cm³/mol. The molecular formula is C21H21F2N3O3. The Morgan fingerprint density at radius 1 is 1.17 bits per heavy atom. The van der Waals surface area contributed by atoms with Crippen LogP contribution < -0.4 is 10.6 Å². The molecule has 0 aliphatic carbocycles. The average Bonchev–Trinajstić information content (AvgIpc) is 2.66. The van der Waals surface area contributed by atoms with Crippen molar-refractivity contribution in [3.63, 3.8) is 0 Å². The summed E-state index contributed by atoms with van der Waals surface area (Å²) in [5.41, 5.74) is 0.962. The summed E-state index contributed by atoms with van der Waals surface area (Å²) in [6.45, 7) is 1.86. The topological polar surface area (TPSA) is 88.2 Å². The Morgan fingerprint density at radius 2 is 1.90 bits per heavy atom. The summed E-state index contributed by atoms with van der Waals surface area (Å²) in [6, 6.07) is 5.35. The van der Waals surface area contributed by atoms with E-state index in [4.69, 9.17) is 0 Å². The molecule has 2 N–H and O–H groups in total. The first-order chi connectivity index (χ1) is 13.9. The molecule has 1 aromatic heterocycles. The number of benzene rings is 1. The van der Waals surface area contributed by atoms with Crippen molar-refractivity contribution < 1.29 is 23.2 Å². The van der Waals surface area contributed by atoms with Gasteiger partial charge in [-0.3, -0.25) is 9.59 Å². The molecule has 1 unspecified atom stereocenters. The molecule has 1 aromatic carbocycles. The lowest BCUT2D eigenvalue weighted by Crippen LogP contribution is -2.44. The number of amides is 2. The highest BCUT2D eigenvalue weighted by molar-refractivity contribution is 5.96. The van der Waals surface area contributed by atoms with Gasteiger partial charge in [0.15, 0.2) is 0 Å². The van der Waals surface area contributed by atoms with Crippen LogP contribution in [0.1, 0.15) is 30.9 Å². The average molecular weight is 401 g/mol. The molecule has 1 heterocycles. The summed E-state index contributed by atoms with van der Waals surface area (Å²) in [5.74, 6) is -0.524. The Bertz CT molecular complexity index is 890. The molecule has 1 atom stereocenters. The van der Waals surface area contributed by atoms with E-state index in [0.717, 1.165) is 23.8 Å². The Morgan fingerprint density at radius 3 is 2.48 bits per heavy atom. The molecule has 0 bridgehead atoms. The highest BCUT2D eigenvalue weighted by Gasteiger charge is 2.20. The molecule has 0 saturated heterocycles. The van der Waals surface area contributed by atoms with Gasteiger partial charge in [0.05, 0.1) is 6.42 Å². The number of hydrogen-bond acceptors (Lipinski definition) is 4. The molecule has 0 saturated carbocycles. The molecule has 0 aliphatic rings. The van der Waals surface area contributed by atoms with Gasteiger partial charge in [-0.1, -0.05) is 19.4 Å². The number of nitrogens with one attached hydrogen (secondary N) is 2. The molecule has 0 aliphatic heterocycles. The van der Waals surface area contributed by atoms with Crippen LogP contribution in [0.25, 0.3) is 0 Å². The Balaban J connectivity index is 1.99. The molecule has 2 aromatic rings. The summed E-state index contributed by atoms with van der Waals surface area (Å²) in [6.07, 6.45) is 4.01. The Labute approximate surface area is 167 Å². The lowest BCUT2D eigenvalue weighted by Gasteiger charge is -2.18. The van der Waals surface area contributed by atoms with E-state index >= 15 is 0 Å². The first kappa shape index (κ1) is 21.9. The second kappa shape index (κ2) is 10.8. The molecule has 29 heavy (non-hydrogen) atoms. The first-order valence-corrected chi connectivity index (χ1v) is 9.10. The third-order valence-electron chi connectivity index (χ3n) is 4.01. The van der Waals surface area contributed by atoms with E-state index in [1.807, 2.05) is 6.92 Å². The van der Waals surface area contributed by atoms with Crippen molar-refractivity contribution in [3.8, 4) is 0 Å². The quantitative estimate of drug-likeness (QED) is 0.633. The van der Waals surface area contributed by atoms with Crippen LogP contribution >= 0.6 is 0 Å². The van der Waals surface area contributed by atoms with Crippen LogP contribution in [-0.4, -0.2) is 28.8 Å². The van der Waals surface area contributed by atoms with E-state index in [2.05, 4.69) is 15.6 Å². The molecule has 8 heteroatoms. The second-order valence-electron chi connectivity index (χ2n) is 6.43. The molecule has 0 fully saturated rings. The van der Waals surface area contributed by atoms with Crippen LogP contribution in [0.5, 0.6) is 0 Å². The molecular weight excluding hydrogens is 380 g/mol. The van der Waals surface area contributed by atoms with Gasteiger partial charge in [-0.05, 0) is 35.7 Å². The van der Waals surface area contributed by atoms with Gasteiger partial charge in [-0.15, -0.1) is 0 Å². The van der Waals surface area contributed by atoms with E-state index < -0.39 is 29.5 Å². The SMILES string of the molecule is CCCC(NC(=O)Cc1cc(F)cc(F)c1)C(=O)Nc1ccc(CC=C=O)cn1. The Hall–Kier alpha value is -3.38. The van der Waals surface area contributed by atoms with Crippen LogP contribution in [0.2, 0.25) is 0 Å². The molecule has 2 rings (SSSR count). The number of pyridine rings is 1. The summed E-state index contributed by atoms with van der Waals surface area (Å²) < 4.78 is 26.5. The monoisotopic (exact) mass is 401 g/mol. The minimum Gasteiger partial charge on any atom is -0.344 e. The Kier molecular flexibility index (Phi) is 8.18. The van der Waals surface area contributed by atoms with Crippen LogP contribution in [0.4, 0.5) is 14.6 Å². The third-order valence-corrected chi connectivity index (χ3v) is 4.01. The maximum atomic E-state index is 13.3. The van der Waals surface area contributed by atoms with E-state index in [0.29, 0.717) is 25.1 Å². The maximum absolute atomic E-state index is 13.3. The summed E-state index contributed by atoms with van der Waals surface area (Å²) in [7, 11) is 0. The van der Waals surface area contributed by atoms with Crippen molar-refractivity contribution in [2.24, 2.45) is 0 Å². The van der Waals surface area contributed by atoms with Crippen molar-refractivity contribution >= 4 is 23.6 Å². The minimum atomic E-state index is -0.814. The number of hydrogen-bond donors (Lipinski definition) is 2. The number of carbonyl (C=O) groups is 2. The van der Waals surface area contributed by atoms with Crippen molar-refractivity contribution in [3.05, 3.63) is 65.4 Å². The van der Waals surface area contributed by atoms with Gasteiger partial charge in [0.25, 0.3) is 0 Å². The zero-order valence-corrected chi connectivity index (χ0v) is 15.9. The van der Waals surface area contributed by atoms with Gasteiger partial charge in [-0.25, -0.2) is 18.6 Å². The van der Waals surface area contributed by atoms with Crippen molar-refractivity contribution in [1.29, 1.82) is 0 Å². The lowest BCUT2D eigenvalue weighted by atomic mass is 10.1. The van der Waals surface area contributed by atoms with E-state index in [9.17, 15) is 23.2 Å². The number of halogens is 2. The van der Waals surface area contributed by atoms with Gasteiger partial charge in [0, 0.05) is 24.8 Å². The van der Waals surface area contributed by atoms with E-state index in [1.165, 1.54) is 12.3 Å². The summed E-state index contributed by atoms with van der Waals surface area (Å²) in [5, 5.41) is 5.22. The van der Waals surface area contributed by atoms with E-state index in [1.54, 1.807) is 18.1 Å². The summed E-state index contributed by atoms with van der Waals surface area (Å²) >= 11 is 0. The molecule has 152 valence electrons. The van der Waals surface area contributed by atoms with Crippen LogP contribution in [0, 0.1) is 11.6 Å². The number of rotatable bonds is 9. The zero-order chi connectivity index (χ0) is 21.2. The summed E-state index contributed by atoms with van der Waals surface area (Å²) in [4.78, 5) is 39.1. The first-order valence-electron chi connectivity index (χ1n) is 9.10. The molecule has 6 nitrogen and oxygen atoms in total. The van der Waals surface area contributed by atoms with E-state index in [-0.39, 0.29) is 12.0 Å². The van der Waals surface area contributed by atoms with Gasteiger partial charge in [0.2, 0.25) is 11.8 Å². The normalized spacial score (nSPS) is 11.3. The molecule has 2 amide bonds. The molecule has 0 spiro atoms. The second-order valence-corrected chi connectivity index (χ2v) is 6.43. The standard InChI is InChI=1S/C21H21F2N3O3/c1-2-4-18(25-20(28)11-15-9-16(22)12-17(23)10-15)21(29)26-19-7-6-14(13-24-19)5-3-8-27/h3,6-7,9-10,12-13,18H,2,4-5,11H2,1H3,(H,25,28)(H,24,26,29). The fraction of sp³-hybridized carbons (Fsp3) is 0.286. The number of carbonyl (C=O) groups excluding carboxylic acids is 3. The van der Waals surface area contributed by atoms with Gasteiger partial charge >= 0.3 is 0 Å². The maximum Gasteiger partial charge on any atom is 0.248 e. The fourth-order valence-electron chi connectivity index (χ4n) is 2.69. The number of nitrogens with zero attached hydrogens (tertiary/aromatic N) is 1. The van der Waals surface area contributed by atoms with Crippen LogP contribution in [0.15, 0.2) is 42.6 Å². The minimum absolute atomic E-state index is 0.178. The largest absolute Gasteiger partial charge is 0.344 e. The fourth-order valence-corrected chi connectivity index (χ4v) is 2.69. The highest BCUT2D eigenvalue weighted by atomic mass is 19.1. The lowest BCUT2D eigenvalue weighted by molar-refractivity contribution is -0.126. The van der Waals surface area contributed by atoms with Gasteiger partial charge < -0.3 is 10.6 Å².